The lowest BCUT2D eigenvalue weighted by Crippen LogP contribution is -2.05. The van der Waals surface area contributed by atoms with Crippen molar-refractivity contribution >= 4 is 21.9 Å². The Hall–Kier alpha value is -1.17. The fourth-order valence-corrected chi connectivity index (χ4v) is 1.67. The third-order valence-electron chi connectivity index (χ3n) is 1.55. The van der Waals surface area contributed by atoms with Crippen LogP contribution in [0.25, 0.3) is 0 Å². The minimum Gasteiger partial charge on any atom is -0.492 e. The molecule has 0 fully saturated rings. The number of aromatic carboxylic acids is 1. The summed E-state index contributed by atoms with van der Waals surface area (Å²) in [5.74, 6) is -3.93. The van der Waals surface area contributed by atoms with Crippen molar-refractivity contribution in [1.82, 2.24) is 0 Å². The molecule has 1 rings (SSSR count). The molecule has 0 unspecified atom stereocenters. The molecule has 14 heavy (non-hydrogen) atoms. The highest BCUT2D eigenvalue weighted by Crippen LogP contribution is 2.33. The molecular weight excluding hydrogens is 262 g/mol. The standard InChI is InChI=1S/C8H5BrF2O3/c1-14-7-4(11)2-3(10)5(6(7)9)8(12)13/h2H,1H3,(H,12,13). The lowest BCUT2D eigenvalue weighted by molar-refractivity contribution is 0.0690. The van der Waals surface area contributed by atoms with E-state index >= 15 is 0 Å². The molecule has 1 N–H and O–H groups in total. The van der Waals surface area contributed by atoms with E-state index in [1.54, 1.807) is 0 Å². The monoisotopic (exact) mass is 266 g/mol. The Labute approximate surface area is 86.4 Å². The average molecular weight is 267 g/mol. The van der Waals surface area contributed by atoms with Crippen molar-refractivity contribution in [2.75, 3.05) is 7.11 Å². The minimum absolute atomic E-state index is 0.245. The van der Waals surface area contributed by atoms with Crippen LogP contribution < -0.4 is 4.74 Å². The van der Waals surface area contributed by atoms with Gasteiger partial charge in [-0.2, -0.15) is 0 Å². The Morgan fingerprint density at radius 3 is 2.50 bits per heavy atom. The van der Waals surface area contributed by atoms with E-state index < -0.39 is 23.2 Å². The molecule has 6 heteroatoms. The first-order valence-corrected chi connectivity index (χ1v) is 4.23. The molecule has 0 saturated carbocycles. The Balaban J connectivity index is 3.52. The van der Waals surface area contributed by atoms with Crippen molar-refractivity contribution in [2.24, 2.45) is 0 Å². The Morgan fingerprint density at radius 2 is 2.07 bits per heavy atom. The molecule has 0 amide bonds. The lowest BCUT2D eigenvalue weighted by atomic mass is 10.2. The van der Waals surface area contributed by atoms with Crippen LogP contribution in [0.5, 0.6) is 5.75 Å². The highest BCUT2D eigenvalue weighted by Gasteiger charge is 2.22. The van der Waals surface area contributed by atoms with Gasteiger partial charge in [0.2, 0.25) is 0 Å². The number of benzene rings is 1. The van der Waals surface area contributed by atoms with Crippen LogP contribution in [0, 0.1) is 11.6 Å². The summed E-state index contributed by atoms with van der Waals surface area (Å²) in [4.78, 5) is 10.6. The molecular formula is C8H5BrF2O3. The van der Waals surface area contributed by atoms with Crippen LogP contribution in [0.1, 0.15) is 10.4 Å². The van der Waals surface area contributed by atoms with Gasteiger partial charge in [0.1, 0.15) is 11.4 Å². The average Bonchev–Trinajstić information content (AvgIpc) is 2.02. The summed E-state index contributed by atoms with van der Waals surface area (Å²) in [5, 5.41) is 8.61. The molecule has 1 aromatic carbocycles. The van der Waals surface area contributed by atoms with Crippen LogP contribution in [0.3, 0.4) is 0 Å². The number of hydrogen-bond acceptors (Lipinski definition) is 2. The molecule has 0 radical (unpaired) electrons. The summed E-state index contributed by atoms with van der Waals surface area (Å²) in [6, 6.07) is 0.465. The van der Waals surface area contributed by atoms with E-state index in [9.17, 15) is 13.6 Å². The molecule has 0 aromatic heterocycles. The molecule has 0 bridgehead atoms. The fourth-order valence-electron chi connectivity index (χ4n) is 0.955. The van der Waals surface area contributed by atoms with E-state index in [1.807, 2.05) is 0 Å². The van der Waals surface area contributed by atoms with E-state index in [2.05, 4.69) is 20.7 Å². The van der Waals surface area contributed by atoms with Crippen molar-refractivity contribution in [3.8, 4) is 5.75 Å². The van der Waals surface area contributed by atoms with E-state index in [0.29, 0.717) is 6.07 Å². The third kappa shape index (κ3) is 1.70. The maximum Gasteiger partial charge on any atom is 0.339 e. The number of halogens is 3. The molecule has 76 valence electrons. The number of methoxy groups -OCH3 is 1. The Bertz CT molecular complexity index is 393. The number of hydrogen-bond donors (Lipinski definition) is 1. The fraction of sp³-hybridized carbons (Fsp3) is 0.125. The van der Waals surface area contributed by atoms with Crippen molar-refractivity contribution in [1.29, 1.82) is 0 Å². The number of carboxylic acid groups (broad SMARTS) is 1. The molecule has 1 aromatic rings. The van der Waals surface area contributed by atoms with Gasteiger partial charge in [-0.15, -0.1) is 0 Å². The van der Waals surface area contributed by atoms with Gasteiger partial charge in [0.05, 0.1) is 11.6 Å². The second-order valence-corrected chi connectivity index (χ2v) is 3.16. The summed E-state index contributed by atoms with van der Waals surface area (Å²) in [6.07, 6.45) is 0. The second kappa shape index (κ2) is 3.91. The lowest BCUT2D eigenvalue weighted by Gasteiger charge is -2.07. The van der Waals surface area contributed by atoms with Gasteiger partial charge in [0, 0.05) is 6.07 Å². The Morgan fingerprint density at radius 1 is 1.50 bits per heavy atom. The minimum atomic E-state index is -1.49. The van der Waals surface area contributed by atoms with Crippen LogP contribution in [0.15, 0.2) is 10.5 Å². The zero-order chi connectivity index (χ0) is 10.9. The summed E-state index contributed by atoms with van der Waals surface area (Å²) in [7, 11) is 1.16. The van der Waals surface area contributed by atoms with Gasteiger partial charge in [-0.05, 0) is 15.9 Å². The summed E-state index contributed by atoms with van der Waals surface area (Å²) < 4.78 is 30.3. The SMILES string of the molecule is COc1c(F)cc(F)c(C(=O)O)c1Br. The zero-order valence-electron chi connectivity index (χ0n) is 6.97. The van der Waals surface area contributed by atoms with Crippen LogP contribution in [-0.2, 0) is 0 Å². The predicted molar refractivity (Wildman–Crippen MR) is 47.6 cm³/mol. The maximum atomic E-state index is 13.0. The van der Waals surface area contributed by atoms with E-state index in [4.69, 9.17) is 5.11 Å². The van der Waals surface area contributed by atoms with Gasteiger partial charge in [-0.25, -0.2) is 13.6 Å². The van der Waals surface area contributed by atoms with Crippen molar-refractivity contribution < 1.29 is 23.4 Å². The van der Waals surface area contributed by atoms with Crippen molar-refractivity contribution in [3.05, 3.63) is 27.7 Å². The number of ether oxygens (including phenoxy) is 1. The molecule has 0 atom stereocenters. The summed E-state index contributed by atoms with van der Waals surface area (Å²) >= 11 is 2.76. The molecule has 0 spiro atoms. The van der Waals surface area contributed by atoms with Crippen LogP contribution in [0.4, 0.5) is 8.78 Å². The molecule has 0 saturated heterocycles. The number of carbonyl (C=O) groups is 1. The molecule has 0 aliphatic rings. The first-order valence-electron chi connectivity index (χ1n) is 3.43. The molecule has 0 aliphatic carbocycles. The zero-order valence-corrected chi connectivity index (χ0v) is 8.56. The molecule has 0 heterocycles. The summed E-state index contributed by atoms with van der Waals surface area (Å²) in [5.41, 5.74) is -0.650. The Kier molecular flexibility index (Phi) is 3.05. The van der Waals surface area contributed by atoms with Crippen molar-refractivity contribution in [3.63, 3.8) is 0 Å². The molecule has 0 aliphatic heterocycles. The van der Waals surface area contributed by atoms with Gasteiger partial charge in [0.15, 0.2) is 11.6 Å². The first kappa shape index (κ1) is 10.9. The maximum absolute atomic E-state index is 13.0. The second-order valence-electron chi connectivity index (χ2n) is 2.37. The van der Waals surface area contributed by atoms with Crippen molar-refractivity contribution in [2.45, 2.75) is 0 Å². The number of rotatable bonds is 2. The third-order valence-corrected chi connectivity index (χ3v) is 2.30. The van der Waals surface area contributed by atoms with Gasteiger partial charge < -0.3 is 9.84 Å². The number of carboxylic acids is 1. The van der Waals surface area contributed by atoms with Gasteiger partial charge in [-0.3, -0.25) is 0 Å². The van der Waals surface area contributed by atoms with E-state index in [-0.39, 0.29) is 10.2 Å². The quantitative estimate of drug-likeness (QED) is 0.895. The smallest absolute Gasteiger partial charge is 0.339 e. The van der Waals surface area contributed by atoms with Crippen LogP contribution >= 0.6 is 15.9 Å². The summed E-state index contributed by atoms with van der Waals surface area (Å²) in [6.45, 7) is 0. The predicted octanol–water partition coefficient (Wildman–Crippen LogP) is 2.43. The van der Waals surface area contributed by atoms with Gasteiger partial charge >= 0.3 is 5.97 Å². The van der Waals surface area contributed by atoms with E-state index in [0.717, 1.165) is 7.11 Å². The normalized spacial score (nSPS) is 10.0. The molecule has 3 nitrogen and oxygen atoms in total. The highest BCUT2D eigenvalue weighted by atomic mass is 79.9. The van der Waals surface area contributed by atoms with E-state index in [1.165, 1.54) is 0 Å². The highest BCUT2D eigenvalue weighted by molar-refractivity contribution is 9.10. The topological polar surface area (TPSA) is 46.5 Å². The largest absolute Gasteiger partial charge is 0.492 e. The van der Waals surface area contributed by atoms with Gasteiger partial charge in [0.25, 0.3) is 0 Å². The van der Waals surface area contributed by atoms with Gasteiger partial charge in [-0.1, -0.05) is 0 Å². The van der Waals surface area contributed by atoms with Crippen LogP contribution in [0.2, 0.25) is 0 Å². The first-order chi connectivity index (χ1) is 6.49. The van der Waals surface area contributed by atoms with Crippen LogP contribution in [-0.4, -0.2) is 18.2 Å².